The topological polar surface area (TPSA) is 290 Å². The van der Waals surface area contributed by atoms with Crippen molar-refractivity contribution in [2.24, 2.45) is 0 Å². The quantitative estimate of drug-likeness (QED) is 0.0126. The van der Waals surface area contributed by atoms with E-state index in [4.69, 9.17) is 18.5 Å². The zero-order chi connectivity index (χ0) is 49.9. The number of phosphoric acid groups is 1. The fraction of sp³-hybridized carbons (Fsp3) is 0.673. The number of aliphatic hydroxyl groups excluding tert-OH is 9. The first-order valence-electron chi connectivity index (χ1n) is 23.8. The van der Waals surface area contributed by atoms with Crippen molar-refractivity contribution in [1.82, 2.24) is 0 Å². The number of carbonyl (C=O) groups is 2. The summed E-state index contributed by atoms with van der Waals surface area (Å²) in [5.41, 5.74) is 0. The van der Waals surface area contributed by atoms with Crippen molar-refractivity contribution < 1.29 is 83.5 Å². The third-order valence-electron chi connectivity index (χ3n) is 10.5. The molecule has 17 nitrogen and oxygen atoms in total. The average Bonchev–Trinajstić information content (AvgIpc) is 3.29. The maximum absolute atomic E-state index is 12.8. The monoisotopic (exact) mass is 973 g/mol. The number of phosphoric ester groups is 1. The van der Waals surface area contributed by atoms with Crippen LogP contribution >= 0.6 is 7.82 Å². The Morgan fingerprint density at radius 2 is 1.18 bits per heavy atom. The largest absolute Gasteiger partial charge is 0.472 e. The van der Waals surface area contributed by atoms with Crippen LogP contribution in [0.2, 0.25) is 0 Å². The zero-order valence-corrected chi connectivity index (χ0v) is 40.2. The second kappa shape index (κ2) is 37.7. The van der Waals surface area contributed by atoms with Gasteiger partial charge in [-0.05, 0) is 58.3 Å². The van der Waals surface area contributed by atoms with E-state index in [1.807, 2.05) is 18.2 Å². The van der Waals surface area contributed by atoms with Crippen molar-refractivity contribution in [1.29, 1.82) is 0 Å². The van der Waals surface area contributed by atoms with Crippen molar-refractivity contribution in [2.75, 3.05) is 13.2 Å². The van der Waals surface area contributed by atoms with Gasteiger partial charge in [0.1, 0.15) is 43.2 Å². The third kappa shape index (κ3) is 31.6. The van der Waals surface area contributed by atoms with Gasteiger partial charge in [-0.3, -0.25) is 18.6 Å². The Bertz CT molecular complexity index is 1560. The van der Waals surface area contributed by atoms with Crippen molar-refractivity contribution >= 4 is 19.8 Å². The molecule has 10 N–H and O–H groups in total. The van der Waals surface area contributed by atoms with Gasteiger partial charge in [0, 0.05) is 12.8 Å². The van der Waals surface area contributed by atoms with Crippen LogP contribution in [-0.4, -0.2) is 143 Å². The minimum Gasteiger partial charge on any atom is -0.462 e. The molecule has 1 fully saturated rings. The van der Waals surface area contributed by atoms with Crippen LogP contribution in [0.1, 0.15) is 129 Å². The SMILES string of the molecule is CCCCCCCC/C=C\CCCCCCCC(=O)OCC(COP(=O)(O)OC1C(O)C(O)C(O)C(O)C1O)OC(=O)CCC(O)/C=C/C(O)/C=C/C=C/C=C\C(O)C/C=C/C/C=C\C(C)O. The molecular formula is C49H81O17P. The zero-order valence-electron chi connectivity index (χ0n) is 39.4. The number of carbonyl (C=O) groups excluding carboxylic acids is 2. The summed E-state index contributed by atoms with van der Waals surface area (Å²) in [7, 11) is -5.24. The van der Waals surface area contributed by atoms with Crippen LogP contribution in [0, 0.1) is 0 Å². The molecule has 10 unspecified atom stereocenters. The summed E-state index contributed by atoms with van der Waals surface area (Å²) in [4.78, 5) is 35.8. The summed E-state index contributed by atoms with van der Waals surface area (Å²) in [6.07, 6.45) is 21.2. The molecule has 1 saturated carbocycles. The van der Waals surface area contributed by atoms with Crippen LogP contribution in [0.15, 0.2) is 85.1 Å². The minimum absolute atomic E-state index is 0.0660. The van der Waals surface area contributed by atoms with Gasteiger partial charge in [-0.15, -0.1) is 0 Å². The van der Waals surface area contributed by atoms with E-state index in [1.165, 1.54) is 56.8 Å². The predicted molar refractivity (Wildman–Crippen MR) is 254 cm³/mol. The standard InChI is InChI=1S/C49H81O17P/c1-3-4-5-6-7-8-9-10-11-12-13-14-15-16-25-30-42(54)63-35-41(36-64-67(61,62)66-49-47(59)45(57)44(56)46(58)48(49)60)65-43(55)34-33-40(53)32-31-39(52)29-24-20-19-23-28-38(51)27-22-18-17-21-26-37(2)50/h10-11,18-24,26,28-29,31-32,37-41,44-53,56-60H,3-9,12-17,25,27,30,33-36H2,1-2H3,(H,61,62)/b11-10-,20-19+,22-18+,26-21-,28-23-,29-24+,32-31+. The molecule has 10 atom stereocenters. The highest BCUT2D eigenvalue weighted by Gasteiger charge is 2.51. The Balaban J connectivity index is 2.65. The van der Waals surface area contributed by atoms with Crippen LogP contribution < -0.4 is 0 Å². The molecule has 384 valence electrons. The number of hydrogen-bond donors (Lipinski definition) is 10. The molecule has 18 heteroatoms. The highest BCUT2D eigenvalue weighted by Crippen LogP contribution is 2.47. The van der Waals surface area contributed by atoms with E-state index >= 15 is 0 Å². The van der Waals surface area contributed by atoms with Gasteiger partial charge >= 0.3 is 19.8 Å². The molecule has 0 heterocycles. The molecule has 1 aliphatic carbocycles. The van der Waals surface area contributed by atoms with E-state index in [-0.39, 0.29) is 19.3 Å². The summed E-state index contributed by atoms with van der Waals surface area (Å²) < 4.78 is 33.2. The lowest BCUT2D eigenvalue weighted by Crippen LogP contribution is -2.64. The number of esters is 2. The number of ether oxygens (including phenoxy) is 2. The summed E-state index contributed by atoms with van der Waals surface area (Å²) in [6.45, 7) is 2.39. The smallest absolute Gasteiger partial charge is 0.462 e. The Morgan fingerprint density at radius 1 is 0.597 bits per heavy atom. The number of allylic oxidation sites excluding steroid dienone is 8. The van der Waals surface area contributed by atoms with Crippen molar-refractivity contribution in [2.45, 2.75) is 197 Å². The highest BCUT2D eigenvalue weighted by molar-refractivity contribution is 7.47. The second-order valence-electron chi connectivity index (χ2n) is 16.7. The first-order chi connectivity index (χ1) is 32.0. The van der Waals surface area contributed by atoms with Crippen LogP contribution in [-0.2, 0) is 32.7 Å². The van der Waals surface area contributed by atoms with E-state index in [2.05, 4.69) is 19.1 Å². The Hall–Kier alpha value is -3.13. The highest BCUT2D eigenvalue weighted by atomic mass is 31.2. The Morgan fingerprint density at radius 3 is 1.81 bits per heavy atom. The van der Waals surface area contributed by atoms with Crippen LogP contribution in [0.3, 0.4) is 0 Å². The van der Waals surface area contributed by atoms with E-state index in [0.717, 1.165) is 38.5 Å². The number of hydrogen-bond acceptors (Lipinski definition) is 16. The van der Waals surface area contributed by atoms with E-state index in [9.17, 15) is 65.0 Å². The number of unbranched alkanes of at least 4 members (excludes halogenated alkanes) is 11. The van der Waals surface area contributed by atoms with Gasteiger partial charge in [0.25, 0.3) is 0 Å². The van der Waals surface area contributed by atoms with E-state index < -0.39 is 100 Å². The molecule has 0 spiro atoms. The average molecular weight is 973 g/mol. The lowest BCUT2D eigenvalue weighted by Gasteiger charge is -2.41. The maximum Gasteiger partial charge on any atom is 0.472 e. The predicted octanol–water partition coefficient (Wildman–Crippen LogP) is 5.16. The lowest BCUT2D eigenvalue weighted by molar-refractivity contribution is -0.220. The number of rotatable bonds is 37. The molecule has 0 aliphatic heterocycles. The van der Waals surface area contributed by atoms with Gasteiger partial charge in [-0.25, -0.2) is 4.57 Å². The lowest BCUT2D eigenvalue weighted by atomic mass is 9.85. The van der Waals surface area contributed by atoms with Gasteiger partial charge in [-0.1, -0.05) is 143 Å². The number of aliphatic hydroxyl groups is 9. The minimum atomic E-state index is -5.24. The molecule has 0 bridgehead atoms. The van der Waals surface area contributed by atoms with Gasteiger partial charge in [0.15, 0.2) is 6.10 Å². The van der Waals surface area contributed by atoms with Crippen molar-refractivity contribution in [3.63, 3.8) is 0 Å². The fourth-order valence-corrected chi connectivity index (χ4v) is 7.55. The summed E-state index contributed by atoms with van der Waals surface area (Å²) in [5, 5.41) is 90.0. The first-order valence-corrected chi connectivity index (χ1v) is 25.3. The first kappa shape index (κ1) is 61.9. The normalized spacial score (nSPS) is 23.8. The van der Waals surface area contributed by atoms with Crippen LogP contribution in [0.25, 0.3) is 0 Å². The Kier molecular flexibility index (Phi) is 34.8. The molecule has 67 heavy (non-hydrogen) atoms. The summed E-state index contributed by atoms with van der Waals surface area (Å²) in [5.74, 6) is -1.53. The molecule has 0 aromatic heterocycles. The Labute approximate surface area is 397 Å². The van der Waals surface area contributed by atoms with Crippen molar-refractivity contribution in [3.8, 4) is 0 Å². The van der Waals surface area contributed by atoms with Gasteiger partial charge in [0.2, 0.25) is 0 Å². The van der Waals surface area contributed by atoms with Crippen molar-refractivity contribution in [3.05, 3.63) is 85.1 Å². The van der Waals surface area contributed by atoms with Crippen LogP contribution in [0.4, 0.5) is 0 Å². The molecule has 0 amide bonds. The molecule has 0 radical (unpaired) electrons. The molecule has 1 aliphatic rings. The molecule has 1 rings (SSSR count). The fourth-order valence-electron chi connectivity index (χ4n) is 6.57. The molecule has 0 aromatic carbocycles. The molecule has 0 aromatic rings. The van der Waals surface area contributed by atoms with Crippen LogP contribution in [0.5, 0.6) is 0 Å². The second-order valence-corrected chi connectivity index (χ2v) is 18.1. The summed E-state index contributed by atoms with van der Waals surface area (Å²) >= 11 is 0. The maximum atomic E-state index is 12.8. The van der Waals surface area contributed by atoms with Gasteiger partial charge in [0.05, 0.1) is 31.0 Å². The summed E-state index contributed by atoms with van der Waals surface area (Å²) in [6, 6.07) is 0. The molecule has 0 saturated heterocycles. The van der Waals surface area contributed by atoms with Gasteiger partial charge < -0.3 is 60.3 Å². The van der Waals surface area contributed by atoms with Gasteiger partial charge in [-0.2, -0.15) is 0 Å². The van der Waals surface area contributed by atoms with E-state index in [0.29, 0.717) is 19.3 Å². The third-order valence-corrected chi connectivity index (χ3v) is 11.5. The van der Waals surface area contributed by atoms with E-state index in [1.54, 1.807) is 43.4 Å². The molecular weight excluding hydrogens is 891 g/mol.